The second kappa shape index (κ2) is 7.78. The summed E-state index contributed by atoms with van der Waals surface area (Å²) in [6, 6.07) is -0.552. The Morgan fingerprint density at radius 2 is 2.16 bits per heavy atom. The molecule has 7 nitrogen and oxygen atoms in total. The number of amides is 2. The van der Waals surface area contributed by atoms with Gasteiger partial charge in [0, 0.05) is 13.5 Å². The maximum Gasteiger partial charge on any atom is 0.277 e. The third-order valence-corrected chi connectivity index (χ3v) is 2.97. The van der Waals surface area contributed by atoms with Crippen LogP contribution in [0.15, 0.2) is 9.64 Å². The van der Waals surface area contributed by atoms with Gasteiger partial charge in [-0.15, -0.1) is 10.2 Å². The molecule has 1 heterocycles. The molecule has 1 rings (SSSR count). The Hall–Kier alpha value is -1.57. The number of carbonyl (C=O) groups is 2. The molecule has 0 spiro atoms. The molecule has 0 radical (unpaired) electrons. The average molecular weight is 286 g/mol. The van der Waals surface area contributed by atoms with Crippen LogP contribution in [0, 0.1) is 6.92 Å². The molecule has 0 unspecified atom stereocenters. The summed E-state index contributed by atoms with van der Waals surface area (Å²) in [4.78, 5) is 23.2. The minimum Gasteiger partial charge on any atom is -0.416 e. The molecule has 0 fully saturated rings. The Kier molecular flexibility index (Phi) is 6.34. The van der Waals surface area contributed by atoms with Crippen molar-refractivity contribution in [1.29, 1.82) is 0 Å². The van der Waals surface area contributed by atoms with Crippen LogP contribution in [0.4, 0.5) is 0 Å². The van der Waals surface area contributed by atoms with Crippen molar-refractivity contribution < 1.29 is 14.0 Å². The normalized spacial score (nSPS) is 11.9. The van der Waals surface area contributed by atoms with E-state index in [0.717, 1.165) is 18.2 Å². The third-order valence-electron chi connectivity index (χ3n) is 2.15. The lowest BCUT2D eigenvalue weighted by Crippen LogP contribution is -2.45. The van der Waals surface area contributed by atoms with Gasteiger partial charge in [-0.2, -0.15) is 0 Å². The van der Waals surface area contributed by atoms with Crippen LogP contribution >= 0.6 is 11.8 Å². The van der Waals surface area contributed by atoms with E-state index in [0.29, 0.717) is 17.7 Å². The zero-order chi connectivity index (χ0) is 14.3. The van der Waals surface area contributed by atoms with Crippen LogP contribution in [0.3, 0.4) is 0 Å². The lowest BCUT2D eigenvalue weighted by molar-refractivity contribution is -0.127. The molecule has 0 aromatic carbocycles. The lowest BCUT2D eigenvalue weighted by atomic mass is 10.3. The highest BCUT2D eigenvalue weighted by atomic mass is 32.2. The highest BCUT2D eigenvalue weighted by Crippen LogP contribution is 2.14. The molecule has 0 saturated carbocycles. The minimum atomic E-state index is -0.552. The van der Waals surface area contributed by atoms with Gasteiger partial charge in [0.15, 0.2) is 0 Å². The van der Waals surface area contributed by atoms with E-state index in [1.807, 2.05) is 6.92 Å². The van der Waals surface area contributed by atoms with Gasteiger partial charge in [-0.25, -0.2) is 0 Å². The van der Waals surface area contributed by atoms with Crippen LogP contribution in [0.25, 0.3) is 0 Å². The number of hydrogen-bond donors (Lipinski definition) is 2. The van der Waals surface area contributed by atoms with E-state index in [1.54, 1.807) is 13.8 Å². The van der Waals surface area contributed by atoms with Crippen molar-refractivity contribution in [2.45, 2.75) is 38.5 Å². The molecule has 0 bridgehead atoms. The molecule has 8 heteroatoms. The first-order valence-corrected chi connectivity index (χ1v) is 7.01. The molecule has 0 aliphatic carbocycles. The van der Waals surface area contributed by atoms with Crippen molar-refractivity contribution in [3.8, 4) is 0 Å². The number of nitrogens with one attached hydrogen (secondary N) is 2. The highest BCUT2D eigenvalue weighted by molar-refractivity contribution is 7.99. The topological polar surface area (TPSA) is 97.1 Å². The molecule has 0 aliphatic heterocycles. The Balaban J connectivity index is 2.28. The first-order valence-electron chi connectivity index (χ1n) is 6.03. The van der Waals surface area contributed by atoms with E-state index in [4.69, 9.17) is 4.42 Å². The van der Waals surface area contributed by atoms with Crippen LogP contribution < -0.4 is 10.6 Å². The van der Waals surface area contributed by atoms with Gasteiger partial charge < -0.3 is 15.1 Å². The van der Waals surface area contributed by atoms with Crippen molar-refractivity contribution >= 4 is 23.6 Å². The smallest absolute Gasteiger partial charge is 0.277 e. The number of aromatic nitrogens is 2. The van der Waals surface area contributed by atoms with Crippen molar-refractivity contribution in [2.75, 3.05) is 12.3 Å². The Labute approximate surface area is 115 Å². The number of thioether (sulfide) groups is 1. The molecule has 1 aromatic heterocycles. The van der Waals surface area contributed by atoms with Gasteiger partial charge in [-0.1, -0.05) is 18.7 Å². The van der Waals surface area contributed by atoms with E-state index < -0.39 is 6.04 Å². The van der Waals surface area contributed by atoms with Crippen molar-refractivity contribution in [3.05, 3.63) is 5.89 Å². The van der Waals surface area contributed by atoms with Crippen LogP contribution in [0.1, 0.15) is 26.2 Å². The predicted octanol–water partition coefficient (Wildman–Crippen LogP) is 0.501. The van der Waals surface area contributed by atoms with Crippen molar-refractivity contribution in [3.63, 3.8) is 0 Å². The van der Waals surface area contributed by atoms with E-state index >= 15 is 0 Å². The van der Waals surface area contributed by atoms with Gasteiger partial charge in [0.2, 0.25) is 17.7 Å². The first kappa shape index (κ1) is 15.5. The summed E-state index contributed by atoms with van der Waals surface area (Å²) in [7, 11) is 0. The summed E-state index contributed by atoms with van der Waals surface area (Å²) >= 11 is 1.14. The fraction of sp³-hybridized carbons (Fsp3) is 0.636. The van der Waals surface area contributed by atoms with Gasteiger partial charge in [-0.05, 0) is 13.3 Å². The fourth-order valence-corrected chi connectivity index (χ4v) is 1.83. The van der Waals surface area contributed by atoms with Crippen molar-refractivity contribution in [2.24, 2.45) is 0 Å². The highest BCUT2D eigenvalue weighted by Gasteiger charge is 2.15. The summed E-state index contributed by atoms with van der Waals surface area (Å²) in [5, 5.41) is 13.1. The van der Waals surface area contributed by atoms with Gasteiger partial charge in [0.1, 0.15) is 6.04 Å². The Morgan fingerprint density at radius 3 is 2.74 bits per heavy atom. The van der Waals surface area contributed by atoms with Gasteiger partial charge in [0.25, 0.3) is 5.22 Å². The van der Waals surface area contributed by atoms with Crippen LogP contribution in [0.2, 0.25) is 0 Å². The summed E-state index contributed by atoms with van der Waals surface area (Å²) < 4.78 is 5.12. The Bertz CT molecular complexity index is 435. The molecule has 19 heavy (non-hydrogen) atoms. The number of carbonyl (C=O) groups excluding carboxylic acids is 2. The van der Waals surface area contributed by atoms with E-state index in [-0.39, 0.29) is 17.6 Å². The predicted molar refractivity (Wildman–Crippen MR) is 70.7 cm³/mol. The van der Waals surface area contributed by atoms with E-state index in [2.05, 4.69) is 20.8 Å². The third kappa shape index (κ3) is 5.73. The summed E-state index contributed by atoms with van der Waals surface area (Å²) in [6.45, 7) is 5.89. The van der Waals surface area contributed by atoms with Crippen LogP contribution in [-0.4, -0.2) is 40.4 Å². The zero-order valence-corrected chi connectivity index (χ0v) is 12.0. The van der Waals surface area contributed by atoms with Crippen LogP contribution in [-0.2, 0) is 9.59 Å². The number of aryl methyl sites for hydroxylation is 1. The molecule has 0 aliphatic rings. The minimum absolute atomic E-state index is 0.132. The molecule has 1 atom stereocenters. The maximum absolute atomic E-state index is 11.6. The zero-order valence-electron chi connectivity index (χ0n) is 11.2. The average Bonchev–Trinajstić information content (AvgIpc) is 2.79. The van der Waals surface area contributed by atoms with Gasteiger partial charge in [0.05, 0.1) is 5.75 Å². The molecule has 1 aromatic rings. The second-order valence-corrected chi connectivity index (χ2v) is 4.88. The molecular formula is C11H18N4O3S. The molecular weight excluding hydrogens is 268 g/mol. The van der Waals surface area contributed by atoms with Gasteiger partial charge in [-0.3, -0.25) is 9.59 Å². The summed E-state index contributed by atoms with van der Waals surface area (Å²) in [6.07, 6.45) is 0.860. The standard InChI is InChI=1S/C11H18N4O3S/c1-4-5-12-10(17)7(2)13-9(16)6-19-11-15-14-8(3)18-11/h7H,4-6H2,1-3H3,(H,12,17)(H,13,16)/t7-/m0/s1. The molecule has 0 saturated heterocycles. The largest absolute Gasteiger partial charge is 0.416 e. The number of hydrogen-bond acceptors (Lipinski definition) is 6. The summed E-state index contributed by atoms with van der Waals surface area (Å²) in [5.41, 5.74) is 0. The lowest BCUT2D eigenvalue weighted by Gasteiger charge is -2.13. The van der Waals surface area contributed by atoms with Gasteiger partial charge >= 0.3 is 0 Å². The molecule has 2 N–H and O–H groups in total. The fourth-order valence-electron chi connectivity index (χ4n) is 1.21. The quantitative estimate of drug-likeness (QED) is 0.708. The van der Waals surface area contributed by atoms with Crippen molar-refractivity contribution in [1.82, 2.24) is 20.8 Å². The maximum atomic E-state index is 11.6. The molecule has 106 valence electrons. The second-order valence-electron chi connectivity index (χ2n) is 3.96. The Morgan fingerprint density at radius 1 is 1.42 bits per heavy atom. The SMILES string of the molecule is CCCNC(=O)[C@H](C)NC(=O)CSc1nnc(C)o1. The summed E-state index contributed by atoms with van der Waals surface area (Å²) in [5.74, 6) is 0.150. The van der Waals surface area contributed by atoms with E-state index in [1.165, 1.54) is 0 Å². The monoisotopic (exact) mass is 286 g/mol. The first-order chi connectivity index (χ1) is 9.02. The molecule has 2 amide bonds. The number of nitrogens with zero attached hydrogens (tertiary/aromatic N) is 2. The van der Waals surface area contributed by atoms with Crippen LogP contribution in [0.5, 0.6) is 0 Å². The van der Waals surface area contributed by atoms with E-state index in [9.17, 15) is 9.59 Å². The number of rotatable bonds is 7.